The highest BCUT2D eigenvalue weighted by Crippen LogP contribution is 2.14. The molecule has 0 unspecified atom stereocenters. The van der Waals surface area contributed by atoms with Crippen molar-refractivity contribution in [2.75, 3.05) is 7.11 Å². The molecule has 0 saturated heterocycles. The number of carbonyl (C=O) groups excluding carboxylic acids is 1. The Morgan fingerprint density at radius 2 is 2.00 bits per heavy atom. The maximum absolute atomic E-state index is 11.1. The van der Waals surface area contributed by atoms with E-state index < -0.39 is 5.24 Å². The Kier molecular flexibility index (Phi) is 3.49. The van der Waals surface area contributed by atoms with Crippen LogP contribution < -0.4 is 4.74 Å². The van der Waals surface area contributed by atoms with Gasteiger partial charge in [-0.05, 0) is 41.4 Å². The van der Waals surface area contributed by atoms with E-state index in [4.69, 9.17) is 16.3 Å². The van der Waals surface area contributed by atoms with Crippen molar-refractivity contribution in [2.24, 2.45) is 0 Å². The number of methoxy groups -OCH3 is 1. The molecule has 4 heteroatoms. The second kappa shape index (κ2) is 5.06. The first-order chi connectivity index (χ1) is 8.20. The zero-order valence-corrected chi connectivity index (χ0v) is 10.1. The summed E-state index contributed by atoms with van der Waals surface area (Å²) in [6.07, 6.45) is 1.83. The van der Waals surface area contributed by atoms with Crippen molar-refractivity contribution in [3.63, 3.8) is 0 Å². The zero-order chi connectivity index (χ0) is 12.3. The predicted molar refractivity (Wildman–Crippen MR) is 66.7 cm³/mol. The van der Waals surface area contributed by atoms with Gasteiger partial charge in [0.05, 0.1) is 7.11 Å². The predicted octanol–water partition coefficient (Wildman–Crippen LogP) is 2.92. The number of aromatic nitrogens is 1. The maximum Gasteiger partial charge on any atom is 0.268 e. The normalized spacial score (nSPS) is 10.2. The number of carbonyl (C=O) groups is 1. The zero-order valence-electron chi connectivity index (χ0n) is 9.39. The Bertz CT molecular complexity index is 516. The summed E-state index contributed by atoms with van der Waals surface area (Å²) in [6.45, 7) is 0.616. The fourth-order valence-electron chi connectivity index (χ4n) is 1.66. The van der Waals surface area contributed by atoms with Gasteiger partial charge in [-0.2, -0.15) is 0 Å². The summed E-state index contributed by atoms with van der Waals surface area (Å²) in [6, 6.07) is 11.2. The lowest BCUT2D eigenvalue weighted by molar-refractivity contribution is 0.107. The van der Waals surface area contributed by atoms with Crippen molar-refractivity contribution < 1.29 is 9.53 Å². The average Bonchev–Trinajstić information content (AvgIpc) is 2.78. The van der Waals surface area contributed by atoms with Gasteiger partial charge in [0, 0.05) is 12.7 Å². The molecule has 3 nitrogen and oxygen atoms in total. The van der Waals surface area contributed by atoms with Gasteiger partial charge in [-0.3, -0.25) is 4.79 Å². The first-order valence-electron chi connectivity index (χ1n) is 5.18. The number of ether oxygens (including phenoxy) is 1. The molecule has 0 atom stereocenters. The Labute approximate surface area is 105 Å². The van der Waals surface area contributed by atoms with E-state index in [9.17, 15) is 4.79 Å². The van der Waals surface area contributed by atoms with Gasteiger partial charge in [0.25, 0.3) is 5.24 Å². The van der Waals surface area contributed by atoms with Crippen LogP contribution in [0.25, 0.3) is 0 Å². The lowest BCUT2D eigenvalue weighted by atomic mass is 10.2. The van der Waals surface area contributed by atoms with Crippen LogP contribution in [0.15, 0.2) is 42.6 Å². The van der Waals surface area contributed by atoms with Crippen LogP contribution in [0.3, 0.4) is 0 Å². The van der Waals surface area contributed by atoms with Crippen molar-refractivity contribution in [2.45, 2.75) is 6.54 Å². The third kappa shape index (κ3) is 2.68. The molecule has 2 rings (SSSR count). The van der Waals surface area contributed by atoms with Crippen LogP contribution in [0.4, 0.5) is 0 Å². The molecular weight excluding hydrogens is 238 g/mol. The van der Waals surface area contributed by atoms with Crippen LogP contribution in [0.5, 0.6) is 5.75 Å². The van der Waals surface area contributed by atoms with E-state index in [0.717, 1.165) is 11.3 Å². The number of hydrogen-bond donors (Lipinski definition) is 0. The Morgan fingerprint density at radius 1 is 1.29 bits per heavy atom. The molecule has 0 spiro atoms. The van der Waals surface area contributed by atoms with Crippen LogP contribution >= 0.6 is 11.6 Å². The molecule has 0 radical (unpaired) electrons. The van der Waals surface area contributed by atoms with E-state index >= 15 is 0 Å². The van der Waals surface area contributed by atoms with Gasteiger partial charge in [0.2, 0.25) is 0 Å². The molecule has 0 aliphatic rings. The summed E-state index contributed by atoms with van der Waals surface area (Å²) in [5.41, 5.74) is 1.59. The molecule has 0 aliphatic carbocycles. The molecule has 0 N–H and O–H groups in total. The number of rotatable bonds is 4. The standard InChI is InChI=1S/C13H12ClNO2/c1-17-11-6-4-10(5-7-11)9-15-8-2-3-12(15)13(14)16/h2-8H,9H2,1H3. The molecule has 0 bridgehead atoms. The molecule has 1 aromatic carbocycles. The molecule has 17 heavy (non-hydrogen) atoms. The summed E-state index contributed by atoms with van der Waals surface area (Å²) in [5, 5.41) is -0.441. The lowest BCUT2D eigenvalue weighted by Gasteiger charge is -2.07. The minimum atomic E-state index is -0.441. The second-order valence-electron chi connectivity index (χ2n) is 3.64. The number of nitrogens with zero attached hydrogens (tertiary/aromatic N) is 1. The molecular formula is C13H12ClNO2. The van der Waals surface area contributed by atoms with Crippen molar-refractivity contribution >= 4 is 16.8 Å². The minimum absolute atomic E-state index is 0.441. The van der Waals surface area contributed by atoms with Gasteiger partial charge in [0.15, 0.2) is 0 Å². The third-order valence-corrected chi connectivity index (χ3v) is 2.74. The van der Waals surface area contributed by atoms with E-state index in [-0.39, 0.29) is 0 Å². The fourth-order valence-corrected chi connectivity index (χ4v) is 1.83. The van der Waals surface area contributed by atoms with Gasteiger partial charge in [-0.15, -0.1) is 0 Å². The highest BCUT2D eigenvalue weighted by molar-refractivity contribution is 6.67. The third-order valence-electron chi connectivity index (χ3n) is 2.54. The van der Waals surface area contributed by atoms with E-state index in [2.05, 4.69) is 0 Å². The van der Waals surface area contributed by atoms with Gasteiger partial charge in [0.1, 0.15) is 11.4 Å². The van der Waals surface area contributed by atoms with Gasteiger partial charge in [-0.1, -0.05) is 12.1 Å². The van der Waals surface area contributed by atoms with Crippen LogP contribution in [0.2, 0.25) is 0 Å². The summed E-state index contributed by atoms with van der Waals surface area (Å²) >= 11 is 5.48. The molecule has 0 amide bonds. The summed E-state index contributed by atoms with van der Waals surface area (Å²) in [5.74, 6) is 0.815. The van der Waals surface area contributed by atoms with Gasteiger partial charge >= 0.3 is 0 Å². The summed E-state index contributed by atoms with van der Waals surface area (Å²) < 4.78 is 6.90. The highest BCUT2D eigenvalue weighted by Gasteiger charge is 2.07. The van der Waals surface area contributed by atoms with E-state index in [1.807, 2.05) is 35.0 Å². The summed E-state index contributed by atoms with van der Waals surface area (Å²) in [4.78, 5) is 11.1. The average molecular weight is 250 g/mol. The minimum Gasteiger partial charge on any atom is -0.497 e. The Balaban J connectivity index is 2.19. The molecule has 2 aromatic rings. The van der Waals surface area contributed by atoms with Crippen molar-refractivity contribution in [1.29, 1.82) is 0 Å². The highest BCUT2D eigenvalue weighted by atomic mass is 35.5. The van der Waals surface area contributed by atoms with Crippen molar-refractivity contribution in [3.05, 3.63) is 53.9 Å². The second-order valence-corrected chi connectivity index (χ2v) is 3.99. The molecule has 0 saturated carbocycles. The van der Waals surface area contributed by atoms with Crippen molar-refractivity contribution in [3.8, 4) is 5.75 Å². The first kappa shape index (κ1) is 11.7. The number of benzene rings is 1. The SMILES string of the molecule is COc1ccc(Cn2cccc2C(=O)Cl)cc1. The lowest BCUT2D eigenvalue weighted by Crippen LogP contribution is -2.05. The summed E-state index contributed by atoms with van der Waals surface area (Å²) in [7, 11) is 1.63. The quantitative estimate of drug-likeness (QED) is 0.780. The molecule has 0 aliphatic heterocycles. The topological polar surface area (TPSA) is 31.2 Å². The van der Waals surface area contributed by atoms with Crippen LogP contribution in [-0.2, 0) is 6.54 Å². The fraction of sp³-hybridized carbons (Fsp3) is 0.154. The molecule has 0 fully saturated rings. The number of hydrogen-bond acceptors (Lipinski definition) is 2. The van der Waals surface area contributed by atoms with Crippen LogP contribution in [-0.4, -0.2) is 16.9 Å². The Morgan fingerprint density at radius 3 is 2.59 bits per heavy atom. The van der Waals surface area contributed by atoms with E-state index in [1.165, 1.54) is 0 Å². The van der Waals surface area contributed by atoms with Crippen LogP contribution in [0, 0.1) is 0 Å². The largest absolute Gasteiger partial charge is 0.497 e. The van der Waals surface area contributed by atoms with Gasteiger partial charge < -0.3 is 9.30 Å². The Hall–Kier alpha value is -1.74. The smallest absolute Gasteiger partial charge is 0.268 e. The molecule has 88 valence electrons. The van der Waals surface area contributed by atoms with Gasteiger partial charge in [-0.25, -0.2) is 0 Å². The monoisotopic (exact) mass is 249 g/mol. The maximum atomic E-state index is 11.1. The van der Waals surface area contributed by atoms with E-state index in [1.54, 1.807) is 19.2 Å². The number of halogens is 1. The van der Waals surface area contributed by atoms with Crippen molar-refractivity contribution in [1.82, 2.24) is 4.57 Å². The van der Waals surface area contributed by atoms with Crippen LogP contribution in [0.1, 0.15) is 16.1 Å². The molecule has 1 heterocycles. The van der Waals surface area contributed by atoms with E-state index in [0.29, 0.717) is 12.2 Å². The molecule has 1 aromatic heterocycles. The first-order valence-corrected chi connectivity index (χ1v) is 5.56.